The molecule has 174 valence electrons. The second-order valence-corrected chi connectivity index (χ2v) is 7.93. The molecule has 1 aromatic carbocycles. The van der Waals surface area contributed by atoms with Crippen LogP contribution in [0.5, 0.6) is 0 Å². The van der Waals surface area contributed by atoms with Crippen molar-refractivity contribution in [1.29, 1.82) is 0 Å². The number of anilines is 1. The van der Waals surface area contributed by atoms with Crippen molar-refractivity contribution in [2.75, 3.05) is 31.2 Å². The quantitative estimate of drug-likeness (QED) is 0.743. The van der Waals surface area contributed by atoms with E-state index in [9.17, 15) is 22.8 Å². The molecule has 2 amide bonds. The molecule has 0 saturated carbocycles. The first-order chi connectivity index (χ1) is 14.8. The Kier molecular flexibility index (Phi) is 7.19. The standard InChI is InChI=1S/C21H23F3N4O3.H2S/c1-13-12-27(16-4-2-15(3-5-16)21(22,23)24)20(30)18-17(11-26-28(13)18)19(29)25-10-14-6-8-31-9-7-14;/h2-5,11,13-14H,6-10,12H2,1H3,(H,25,29);1H2/t13-;/m0./s1. The van der Waals surface area contributed by atoms with Crippen LogP contribution in [0.1, 0.15) is 52.2 Å². The molecule has 0 spiro atoms. The lowest BCUT2D eigenvalue weighted by Gasteiger charge is -2.32. The van der Waals surface area contributed by atoms with Crippen molar-refractivity contribution in [3.05, 3.63) is 47.3 Å². The highest BCUT2D eigenvalue weighted by Gasteiger charge is 2.36. The van der Waals surface area contributed by atoms with Crippen molar-refractivity contribution >= 4 is 31.0 Å². The largest absolute Gasteiger partial charge is 0.416 e. The number of benzene rings is 1. The Hall–Kier alpha value is -2.53. The molecule has 4 rings (SSSR count). The zero-order valence-corrected chi connectivity index (χ0v) is 18.5. The normalized spacial score (nSPS) is 19.3. The van der Waals surface area contributed by atoms with Gasteiger partial charge in [0.1, 0.15) is 5.69 Å². The first-order valence-electron chi connectivity index (χ1n) is 10.2. The van der Waals surface area contributed by atoms with Gasteiger partial charge in [-0.3, -0.25) is 14.3 Å². The molecule has 32 heavy (non-hydrogen) atoms. The SMILES string of the molecule is C[C@H]1CN(c2ccc(C(F)(F)F)cc2)C(=O)c2c(C(=O)NCC3CCOCC3)cnn21.S. The Morgan fingerprint density at radius 3 is 2.50 bits per heavy atom. The van der Waals surface area contributed by atoms with E-state index in [0.717, 1.165) is 25.0 Å². The molecule has 0 aliphatic carbocycles. The fraction of sp³-hybridized carbons (Fsp3) is 0.476. The average Bonchev–Trinajstić information content (AvgIpc) is 3.21. The summed E-state index contributed by atoms with van der Waals surface area (Å²) in [5.74, 6) is -0.531. The third-order valence-corrected chi connectivity index (χ3v) is 5.75. The Balaban J connectivity index is 0.00000289. The zero-order valence-electron chi connectivity index (χ0n) is 17.5. The molecule has 1 aromatic heterocycles. The molecule has 1 N–H and O–H groups in total. The van der Waals surface area contributed by atoms with E-state index in [1.807, 2.05) is 6.92 Å². The third-order valence-electron chi connectivity index (χ3n) is 5.75. The van der Waals surface area contributed by atoms with Crippen LogP contribution in [0.2, 0.25) is 0 Å². The number of nitrogens with one attached hydrogen (secondary N) is 1. The molecule has 2 aliphatic rings. The van der Waals surface area contributed by atoms with Crippen LogP contribution in [0.4, 0.5) is 18.9 Å². The van der Waals surface area contributed by atoms with E-state index in [2.05, 4.69) is 10.4 Å². The summed E-state index contributed by atoms with van der Waals surface area (Å²) in [6.45, 7) is 3.90. The number of carbonyl (C=O) groups is 2. The van der Waals surface area contributed by atoms with Gasteiger partial charge in [-0.1, -0.05) is 0 Å². The first-order valence-corrected chi connectivity index (χ1v) is 10.2. The maximum atomic E-state index is 13.2. The van der Waals surface area contributed by atoms with E-state index in [0.29, 0.717) is 31.4 Å². The van der Waals surface area contributed by atoms with E-state index < -0.39 is 17.6 Å². The Bertz CT molecular complexity index is 972. The van der Waals surface area contributed by atoms with Crippen LogP contribution in [0, 0.1) is 5.92 Å². The summed E-state index contributed by atoms with van der Waals surface area (Å²) in [5, 5.41) is 7.09. The van der Waals surface area contributed by atoms with Gasteiger partial charge in [0, 0.05) is 32.0 Å². The summed E-state index contributed by atoms with van der Waals surface area (Å²) in [4.78, 5) is 27.3. The van der Waals surface area contributed by atoms with Gasteiger partial charge in [0.15, 0.2) is 0 Å². The summed E-state index contributed by atoms with van der Waals surface area (Å²) in [6, 6.07) is 4.18. The van der Waals surface area contributed by atoms with Gasteiger partial charge in [-0.2, -0.15) is 31.8 Å². The number of fused-ring (bicyclic) bond motifs is 1. The lowest BCUT2D eigenvalue weighted by Crippen LogP contribution is -2.44. The van der Waals surface area contributed by atoms with Gasteiger partial charge in [0.05, 0.1) is 23.4 Å². The van der Waals surface area contributed by atoms with Crippen LogP contribution >= 0.6 is 13.5 Å². The van der Waals surface area contributed by atoms with E-state index in [-0.39, 0.29) is 43.2 Å². The Morgan fingerprint density at radius 1 is 1.22 bits per heavy atom. The topological polar surface area (TPSA) is 76.5 Å². The van der Waals surface area contributed by atoms with E-state index >= 15 is 0 Å². The van der Waals surface area contributed by atoms with Gasteiger partial charge < -0.3 is 15.0 Å². The number of ether oxygens (including phenoxy) is 1. The minimum absolute atomic E-state index is 0. The van der Waals surface area contributed by atoms with Crippen LogP contribution < -0.4 is 10.2 Å². The van der Waals surface area contributed by atoms with Crippen molar-refractivity contribution in [2.24, 2.45) is 5.92 Å². The number of rotatable bonds is 4. The highest BCUT2D eigenvalue weighted by molar-refractivity contribution is 7.59. The smallest absolute Gasteiger partial charge is 0.381 e. The predicted molar refractivity (Wildman–Crippen MR) is 116 cm³/mol. The molecule has 11 heteroatoms. The van der Waals surface area contributed by atoms with Gasteiger partial charge >= 0.3 is 6.18 Å². The molecule has 1 atom stereocenters. The number of hydrogen-bond donors (Lipinski definition) is 1. The molecule has 0 bridgehead atoms. The number of amides is 2. The monoisotopic (exact) mass is 470 g/mol. The number of nitrogens with zero attached hydrogens (tertiary/aromatic N) is 3. The molecule has 3 heterocycles. The second-order valence-electron chi connectivity index (χ2n) is 7.93. The van der Waals surface area contributed by atoms with Crippen molar-refractivity contribution < 1.29 is 27.5 Å². The minimum Gasteiger partial charge on any atom is -0.381 e. The molecule has 0 unspecified atom stereocenters. The maximum absolute atomic E-state index is 13.2. The number of aromatic nitrogens is 2. The summed E-state index contributed by atoms with van der Waals surface area (Å²) in [6.07, 6.45) is -1.35. The highest BCUT2D eigenvalue weighted by atomic mass is 32.1. The molecule has 0 radical (unpaired) electrons. The number of carbonyl (C=O) groups excluding carboxylic acids is 2. The number of alkyl halides is 3. The maximum Gasteiger partial charge on any atom is 0.416 e. The summed E-state index contributed by atoms with van der Waals surface area (Å²) >= 11 is 0. The molecule has 7 nitrogen and oxygen atoms in total. The molecule has 2 aromatic rings. The van der Waals surface area contributed by atoms with Crippen LogP contribution in [-0.4, -0.2) is 47.9 Å². The summed E-state index contributed by atoms with van der Waals surface area (Å²) in [5.41, 5.74) is -0.138. The van der Waals surface area contributed by atoms with Crippen LogP contribution in [0.3, 0.4) is 0 Å². The van der Waals surface area contributed by atoms with Crippen LogP contribution in [-0.2, 0) is 10.9 Å². The van der Waals surface area contributed by atoms with E-state index in [1.54, 1.807) is 0 Å². The van der Waals surface area contributed by atoms with Gasteiger partial charge in [0.25, 0.3) is 11.8 Å². The zero-order chi connectivity index (χ0) is 22.2. The minimum atomic E-state index is -4.45. The molecule has 2 aliphatic heterocycles. The Labute approximate surface area is 190 Å². The average molecular weight is 471 g/mol. The lowest BCUT2D eigenvalue weighted by atomic mass is 10.0. The predicted octanol–water partition coefficient (Wildman–Crippen LogP) is 3.39. The first kappa shape index (κ1) is 24.1. The molecule has 1 saturated heterocycles. The second kappa shape index (κ2) is 9.53. The third kappa shape index (κ3) is 4.78. The Morgan fingerprint density at radius 2 is 1.88 bits per heavy atom. The molecule has 1 fully saturated rings. The van der Waals surface area contributed by atoms with E-state index in [4.69, 9.17) is 4.74 Å². The fourth-order valence-corrected chi connectivity index (χ4v) is 3.96. The van der Waals surface area contributed by atoms with Crippen molar-refractivity contribution in [3.63, 3.8) is 0 Å². The highest BCUT2D eigenvalue weighted by Crippen LogP contribution is 2.32. The molecular formula is C21H25F3N4O3S. The van der Waals surface area contributed by atoms with Crippen LogP contribution in [0.15, 0.2) is 30.5 Å². The molecular weight excluding hydrogens is 445 g/mol. The van der Waals surface area contributed by atoms with Crippen molar-refractivity contribution in [2.45, 2.75) is 32.0 Å². The fourth-order valence-electron chi connectivity index (χ4n) is 3.96. The lowest BCUT2D eigenvalue weighted by molar-refractivity contribution is -0.137. The van der Waals surface area contributed by atoms with Crippen LogP contribution in [0.25, 0.3) is 0 Å². The summed E-state index contributed by atoms with van der Waals surface area (Å²) in [7, 11) is 0. The van der Waals surface area contributed by atoms with Gasteiger partial charge in [-0.05, 0) is 49.9 Å². The number of hydrogen-bond acceptors (Lipinski definition) is 4. The summed E-state index contributed by atoms with van der Waals surface area (Å²) < 4.78 is 45.4. The van der Waals surface area contributed by atoms with Gasteiger partial charge in [-0.15, -0.1) is 0 Å². The van der Waals surface area contributed by atoms with Crippen molar-refractivity contribution in [1.82, 2.24) is 15.1 Å². The van der Waals surface area contributed by atoms with Gasteiger partial charge in [-0.25, -0.2) is 0 Å². The van der Waals surface area contributed by atoms with Gasteiger partial charge in [0.2, 0.25) is 0 Å². The van der Waals surface area contributed by atoms with E-state index in [1.165, 1.54) is 27.9 Å². The van der Waals surface area contributed by atoms with Crippen molar-refractivity contribution in [3.8, 4) is 0 Å². The number of halogens is 3.